The third-order valence-electron chi connectivity index (χ3n) is 3.29. The summed E-state index contributed by atoms with van der Waals surface area (Å²) in [6, 6.07) is 9.58. The summed E-state index contributed by atoms with van der Waals surface area (Å²) >= 11 is 0. The molecule has 1 atom stereocenters. The van der Waals surface area contributed by atoms with Crippen LogP contribution in [-0.4, -0.2) is 35.8 Å². The average molecular weight is 246 g/mol. The molecule has 2 rings (SSSR count). The maximum absolute atomic E-state index is 12.1. The van der Waals surface area contributed by atoms with Gasteiger partial charge in [0.25, 0.3) is 0 Å². The molecule has 1 N–H and O–H groups in total. The van der Waals surface area contributed by atoms with Gasteiger partial charge in [0.2, 0.25) is 11.8 Å². The number of piperazine rings is 1. The summed E-state index contributed by atoms with van der Waals surface area (Å²) in [4.78, 5) is 25.2. The van der Waals surface area contributed by atoms with Crippen molar-refractivity contribution in [2.75, 3.05) is 13.1 Å². The number of rotatable bonds is 3. The van der Waals surface area contributed by atoms with Gasteiger partial charge >= 0.3 is 0 Å². The first kappa shape index (κ1) is 12.6. The lowest BCUT2D eigenvalue weighted by atomic mass is 10.1. The van der Waals surface area contributed by atoms with Crippen LogP contribution in [0.1, 0.15) is 18.9 Å². The molecule has 1 unspecified atom stereocenters. The second kappa shape index (κ2) is 5.67. The highest BCUT2D eigenvalue weighted by molar-refractivity contribution is 5.88. The van der Waals surface area contributed by atoms with E-state index < -0.39 is 0 Å². The van der Waals surface area contributed by atoms with Crippen molar-refractivity contribution in [3.8, 4) is 0 Å². The fraction of sp³-hybridized carbons (Fsp3) is 0.429. The van der Waals surface area contributed by atoms with Crippen LogP contribution in [0, 0.1) is 0 Å². The SMILES string of the molecule is CC1C(=O)NCCN1C(=O)CCc1ccccc1. The summed E-state index contributed by atoms with van der Waals surface area (Å²) in [7, 11) is 0. The largest absolute Gasteiger partial charge is 0.353 e. The number of aryl methyl sites for hydroxylation is 1. The molecule has 0 aliphatic carbocycles. The number of carbonyl (C=O) groups is 2. The van der Waals surface area contributed by atoms with Crippen LogP contribution in [-0.2, 0) is 16.0 Å². The van der Waals surface area contributed by atoms with Gasteiger partial charge in [-0.2, -0.15) is 0 Å². The molecule has 1 aliphatic rings. The van der Waals surface area contributed by atoms with Gasteiger partial charge in [0.05, 0.1) is 0 Å². The van der Waals surface area contributed by atoms with Crippen molar-refractivity contribution in [1.82, 2.24) is 10.2 Å². The van der Waals surface area contributed by atoms with Crippen molar-refractivity contribution < 1.29 is 9.59 Å². The van der Waals surface area contributed by atoms with Crippen molar-refractivity contribution in [1.29, 1.82) is 0 Å². The Morgan fingerprint density at radius 1 is 1.39 bits per heavy atom. The van der Waals surface area contributed by atoms with E-state index in [1.54, 1.807) is 11.8 Å². The van der Waals surface area contributed by atoms with Crippen LogP contribution in [0.25, 0.3) is 0 Å². The smallest absolute Gasteiger partial charge is 0.242 e. The fourth-order valence-corrected chi connectivity index (χ4v) is 2.16. The molecule has 1 aromatic carbocycles. The Balaban J connectivity index is 1.90. The van der Waals surface area contributed by atoms with E-state index in [-0.39, 0.29) is 17.9 Å². The van der Waals surface area contributed by atoms with Crippen LogP contribution >= 0.6 is 0 Å². The van der Waals surface area contributed by atoms with Crippen LogP contribution in [0.4, 0.5) is 0 Å². The van der Waals surface area contributed by atoms with Gasteiger partial charge in [-0.05, 0) is 18.9 Å². The summed E-state index contributed by atoms with van der Waals surface area (Å²) < 4.78 is 0. The third-order valence-corrected chi connectivity index (χ3v) is 3.29. The van der Waals surface area contributed by atoms with Crippen molar-refractivity contribution in [2.24, 2.45) is 0 Å². The summed E-state index contributed by atoms with van der Waals surface area (Å²) in [5.41, 5.74) is 1.15. The van der Waals surface area contributed by atoms with Crippen LogP contribution in [0.5, 0.6) is 0 Å². The first-order valence-corrected chi connectivity index (χ1v) is 6.29. The lowest BCUT2D eigenvalue weighted by Crippen LogP contribution is -2.55. The fourth-order valence-electron chi connectivity index (χ4n) is 2.16. The first-order chi connectivity index (χ1) is 8.68. The highest BCUT2D eigenvalue weighted by Crippen LogP contribution is 2.09. The van der Waals surface area contributed by atoms with E-state index in [2.05, 4.69) is 5.32 Å². The highest BCUT2D eigenvalue weighted by Gasteiger charge is 2.28. The van der Waals surface area contributed by atoms with Gasteiger partial charge in [0, 0.05) is 19.5 Å². The molecule has 0 bridgehead atoms. The second-order valence-electron chi connectivity index (χ2n) is 4.54. The van der Waals surface area contributed by atoms with Crippen molar-refractivity contribution >= 4 is 11.8 Å². The van der Waals surface area contributed by atoms with E-state index in [0.717, 1.165) is 12.0 Å². The van der Waals surface area contributed by atoms with E-state index in [9.17, 15) is 9.59 Å². The van der Waals surface area contributed by atoms with Gasteiger partial charge in [-0.3, -0.25) is 9.59 Å². The zero-order chi connectivity index (χ0) is 13.0. The molecule has 1 aliphatic heterocycles. The average Bonchev–Trinajstić information content (AvgIpc) is 2.40. The van der Waals surface area contributed by atoms with Gasteiger partial charge in [-0.25, -0.2) is 0 Å². The predicted octanol–water partition coefficient (Wildman–Crippen LogP) is 0.966. The number of amides is 2. The molecule has 2 amide bonds. The van der Waals surface area contributed by atoms with Crippen molar-refractivity contribution in [3.05, 3.63) is 35.9 Å². The molecular weight excluding hydrogens is 228 g/mol. The topological polar surface area (TPSA) is 49.4 Å². The van der Waals surface area contributed by atoms with E-state index >= 15 is 0 Å². The standard InChI is InChI=1S/C14H18N2O2/c1-11-14(18)15-9-10-16(11)13(17)8-7-12-5-3-2-4-6-12/h2-6,11H,7-10H2,1H3,(H,15,18). The third kappa shape index (κ3) is 2.88. The summed E-state index contributed by atoms with van der Waals surface area (Å²) in [5, 5.41) is 2.76. The Morgan fingerprint density at radius 3 is 2.83 bits per heavy atom. The maximum Gasteiger partial charge on any atom is 0.242 e. The normalized spacial score (nSPS) is 19.5. The number of nitrogens with zero attached hydrogens (tertiary/aromatic N) is 1. The molecule has 4 nitrogen and oxygen atoms in total. The zero-order valence-electron chi connectivity index (χ0n) is 10.6. The Labute approximate surface area is 107 Å². The van der Waals surface area contributed by atoms with Gasteiger partial charge in [-0.15, -0.1) is 0 Å². The van der Waals surface area contributed by atoms with E-state index in [0.29, 0.717) is 19.5 Å². The van der Waals surface area contributed by atoms with Crippen LogP contribution in [0.2, 0.25) is 0 Å². The number of benzene rings is 1. The van der Waals surface area contributed by atoms with E-state index in [1.165, 1.54) is 0 Å². The van der Waals surface area contributed by atoms with Crippen LogP contribution in [0.15, 0.2) is 30.3 Å². The molecule has 1 heterocycles. The van der Waals surface area contributed by atoms with E-state index in [1.807, 2.05) is 30.3 Å². The monoisotopic (exact) mass is 246 g/mol. The minimum absolute atomic E-state index is 0.0567. The molecule has 0 spiro atoms. The summed E-state index contributed by atoms with van der Waals surface area (Å²) in [5.74, 6) is -0.00415. The second-order valence-corrected chi connectivity index (χ2v) is 4.54. The minimum Gasteiger partial charge on any atom is -0.353 e. The van der Waals surface area contributed by atoms with Crippen LogP contribution < -0.4 is 5.32 Å². The molecule has 0 radical (unpaired) electrons. The van der Waals surface area contributed by atoms with Gasteiger partial charge in [0.1, 0.15) is 6.04 Å². The zero-order valence-corrected chi connectivity index (χ0v) is 10.6. The van der Waals surface area contributed by atoms with Crippen molar-refractivity contribution in [2.45, 2.75) is 25.8 Å². The number of carbonyl (C=O) groups excluding carboxylic acids is 2. The van der Waals surface area contributed by atoms with E-state index in [4.69, 9.17) is 0 Å². The summed E-state index contributed by atoms with van der Waals surface area (Å²) in [6.45, 7) is 2.94. The van der Waals surface area contributed by atoms with Crippen LogP contribution in [0.3, 0.4) is 0 Å². The Morgan fingerprint density at radius 2 is 2.11 bits per heavy atom. The van der Waals surface area contributed by atoms with Gasteiger partial charge in [-0.1, -0.05) is 30.3 Å². The predicted molar refractivity (Wildman–Crippen MR) is 68.9 cm³/mol. The molecule has 4 heteroatoms. The maximum atomic E-state index is 12.1. The lowest BCUT2D eigenvalue weighted by Gasteiger charge is -2.32. The molecule has 1 aromatic rings. The number of hydrogen-bond acceptors (Lipinski definition) is 2. The Hall–Kier alpha value is -1.84. The molecular formula is C14H18N2O2. The Kier molecular flexibility index (Phi) is 3.97. The van der Waals surface area contributed by atoms with Crippen molar-refractivity contribution in [3.63, 3.8) is 0 Å². The van der Waals surface area contributed by atoms with Gasteiger partial charge in [0.15, 0.2) is 0 Å². The number of hydrogen-bond donors (Lipinski definition) is 1. The molecule has 18 heavy (non-hydrogen) atoms. The first-order valence-electron chi connectivity index (χ1n) is 6.29. The lowest BCUT2D eigenvalue weighted by molar-refractivity contribution is -0.142. The molecule has 1 saturated heterocycles. The molecule has 0 aromatic heterocycles. The Bertz CT molecular complexity index is 431. The quantitative estimate of drug-likeness (QED) is 0.864. The minimum atomic E-state index is -0.345. The highest BCUT2D eigenvalue weighted by atomic mass is 16.2. The number of nitrogens with one attached hydrogen (secondary N) is 1. The molecule has 0 saturated carbocycles. The molecule has 1 fully saturated rings. The summed E-state index contributed by atoms with van der Waals surface area (Å²) in [6.07, 6.45) is 1.19. The van der Waals surface area contributed by atoms with Gasteiger partial charge < -0.3 is 10.2 Å². The molecule has 96 valence electrons.